The normalized spacial score (nSPS) is 17.7. The van der Waals surface area contributed by atoms with Crippen LogP contribution in [0.5, 0.6) is 0 Å². The third-order valence-corrected chi connectivity index (χ3v) is 5.86. The molecule has 0 aromatic heterocycles. The van der Waals surface area contributed by atoms with Gasteiger partial charge in [-0.05, 0) is 48.6 Å². The van der Waals surface area contributed by atoms with E-state index in [1.807, 2.05) is 55.5 Å². The van der Waals surface area contributed by atoms with Gasteiger partial charge in [-0.3, -0.25) is 14.5 Å². The van der Waals surface area contributed by atoms with Crippen molar-refractivity contribution < 1.29 is 14.4 Å². The van der Waals surface area contributed by atoms with Crippen LogP contribution in [-0.4, -0.2) is 40.2 Å². The average molecular weight is 405 g/mol. The van der Waals surface area contributed by atoms with Crippen LogP contribution in [0, 0.1) is 6.92 Å². The van der Waals surface area contributed by atoms with Gasteiger partial charge in [0.05, 0.1) is 0 Å². The first-order chi connectivity index (χ1) is 14.5. The zero-order chi connectivity index (χ0) is 21.1. The summed E-state index contributed by atoms with van der Waals surface area (Å²) in [4.78, 5) is 40.7. The largest absolute Gasteiger partial charge is 0.327 e. The second-order valence-electron chi connectivity index (χ2n) is 8.12. The van der Waals surface area contributed by atoms with Gasteiger partial charge in [0.15, 0.2) is 0 Å². The van der Waals surface area contributed by atoms with Gasteiger partial charge in [-0.25, -0.2) is 4.79 Å². The number of nitrogens with one attached hydrogen (secondary N) is 1. The van der Waals surface area contributed by atoms with E-state index in [0.29, 0.717) is 32.4 Å². The molecule has 2 aliphatic heterocycles. The van der Waals surface area contributed by atoms with Crippen molar-refractivity contribution >= 4 is 23.5 Å². The van der Waals surface area contributed by atoms with Gasteiger partial charge in [-0.15, -0.1) is 0 Å². The van der Waals surface area contributed by atoms with E-state index >= 15 is 0 Å². The van der Waals surface area contributed by atoms with Gasteiger partial charge >= 0.3 is 6.03 Å². The number of urea groups is 1. The number of rotatable bonds is 7. The number of hydrogen-bond acceptors (Lipinski definition) is 3. The predicted octanol–water partition coefficient (Wildman–Crippen LogP) is 3.88. The lowest BCUT2D eigenvalue weighted by atomic mass is 9.95. The summed E-state index contributed by atoms with van der Waals surface area (Å²) in [5.41, 5.74) is 4.19. The fourth-order valence-electron chi connectivity index (χ4n) is 4.26. The van der Waals surface area contributed by atoms with Crippen LogP contribution < -0.4 is 5.32 Å². The molecule has 0 aliphatic carbocycles. The lowest BCUT2D eigenvalue weighted by molar-refractivity contribution is -0.128. The van der Waals surface area contributed by atoms with Crippen molar-refractivity contribution in [3.05, 3.63) is 65.2 Å². The highest BCUT2D eigenvalue weighted by atomic mass is 16.2. The smallest absolute Gasteiger partial charge is 0.326 e. The average Bonchev–Trinajstić information content (AvgIpc) is 2.96. The van der Waals surface area contributed by atoms with Crippen LogP contribution in [0.2, 0.25) is 0 Å². The summed E-state index contributed by atoms with van der Waals surface area (Å²) < 4.78 is 0. The summed E-state index contributed by atoms with van der Waals surface area (Å²) >= 11 is 0. The second kappa shape index (κ2) is 8.69. The third kappa shape index (κ3) is 4.22. The molecule has 4 amide bonds. The Morgan fingerprint density at radius 2 is 1.83 bits per heavy atom. The number of imide groups is 1. The van der Waals surface area contributed by atoms with Crippen molar-refractivity contribution in [2.45, 2.75) is 51.6 Å². The van der Waals surface area contributed by atoms with Crippen molar-refractivity contribution in [3.63, 3.8) is 0 Å². The molecular formula is C24H27N3O3. The molecule has 6 nitrogen and oxygen atoms in total. The zero-order valence-electron chi connectivity index (χ0n) is 17.3. The standard InChI is InChI=1S/C24H27N3O3/c1-17-8-7-11-20(14-17)25-22(28)12-3-2-6-13-26-23(29)21-15-18-9-4-5-10-19(18)16-27(21)24(26)30/h4-5,7-11,14,21H,2-3,6,12-13,15-16H2,1H3,(H,25,28)/t21-/m0/s1. The summed E-state index contributed by atoms with van der Waals surface area (Å²) in [7, 11) is 0. The van der Waals surface area contributed by atoms with E-state index in [4.69, 9.17) is 0 Å². The number of carbonyl (C=O) groups excluding carboxylic acids is 3. The molecule has 30 heavy (non-hydrogen) atoms. The van der Waals surface area contributed by atoms with Gasteiger partial charge in [0.1, 0.15) is 6.04 Å². The fraction of sp³-hybridized carbons (Fsp3) is 0.375. The fourth-order valence-corrected chi connectivity index (χ4v) is 4.26. The molecule has 0 saturated carbocycles. The van der Waals surface area contributed by atoms with Crippen LogP contribution in [0.15, 0.2) is 48.5 Å². The molecule has 1 N–H and O–H groups in total. The Morgan fingerprint density at radius 1 is 1.03 bits per heavy atom. The molecule has 0 spiro atoms. The molecule has 2 aliphatic rings. The van der Waals surface area contributed by atoms with Crippen molar-refractivity contribution in [1.29, 1.82) is 0 Å². The molecule has 0 bridgehead atoms. The van der Waals surface area contributed by atoms with Crippen molar-refractivity contribution in [2.75, 3.05) is 11.9 Å². The van der Waals surface area contributed by atoms with Crippen LogP contribution in [-0.2, 0) is 22.6 Å². The van der Waals surface area contributed by atoms with Crippen molar-refractivity contribution in [3.8, 4) is 0 Å². The first kappa shape index (κ1) is 20.1. The highest BCUT2D eigenvalue weighted by Crippen LogP contribution is 2.30. The molecule has 156 valence electrons. The van der Waals surface area contributed by atoms with E-state index in [1.54, 1.807) is 4.90 Å². The number of fused-ring (bicyclic) bond motifs is 2. The number of unbranched alkanes of at least 4 members (excludes halogenated alkanes) is 2. The zero-order valence-corrected chi connectivity index (χ0v) is 17.3. The molecule has 1 atom stereocenters. The summed E-state index contributed by atoms with van der Waals surface area (Å²) in [6, 6.07) is 15.2. The van der Waals surface area contributed by atoms with Crippen molar-refractivity contribution in [2.24, 2.45) is 0 Å². The molecule has 1 saturated heterocycles. The number of benzene rings is 2. The van der Waals surface area contributed by atoms with Crippen LogP contribution >= 0.6 is 0 Å². The second-order valence-corrected chi connectivity index (χ2v) is 8.12. The first-order valence-electron chi connectivity index (χ1n) is 10.6. The quantitative estimate of drug-likeness (QED) is 0.561. The van der Waals surface area contributed by atoms with Crippen LogP contribution in [0.4, 0.5) is 10.5 Å². The highest BCUT2D eigenvalue weighted by Gasteiger charge is 2.46. The number of amides is 4. The van der Waals surface area contributed by atoms with Crippen LogP contribution in [0.3, 0.4) is 0 Å². The maximum atomic E-state index is 12.8. The minimum absolute atomic E-state index is 0.0104. The molecule has 2 aromatic carbocycles. The highest BCUT2D eigenvalue weighted by molar-refractivity contribution is 6.04. The Balaban J connectivity index is 1.22. The molecule has 6 heteroatoms. The Hall–Kier alpha value is -3.15. The minimum atomic E-state index is -0.368. The maximum Gasteiger partial charge on any atom is 0.327 e. The van der Waals surface area contributed by atoms with Crippen molar-refractivity contribution in [1.82, 2.24) is 9.80 Å². The van der Waals surface area contributed by atoms with Gasteiger partial charge in [0.2, 0.25) is 5.91 Å². The maximum absolute atomic E-state index is 12.8. The summed E-state index contributed by atoms with van der Waals surface area (Å²) in [6.07, 6.45) is 3.26. The summed E-state index contributed by atoms with van der Waals surface area (Å²) in [5.74, 6) is -0.101. The monoisotopic (exact) mass is 405 g/mol. The van der Waals surface area contributed by atoms with Gasteiger partial charge in [0, 0.05) is 31.6 Å². The molecule has 4 rings (SSSR count). The minimum Gasteiger partial charge on any atom is -0.326 e. The van der Waals surface area contributed by atoms with Crippen LogP contribution in [0.25, 0.3) is 0 Å². The molecule has 1 fully saturated rings. The number of hydrogen-bond donors (Lipinski definition) is 1. The Labute approximate surface area is 176 Å². The Morgan fingerprint density at radius 3 is 2.63 bits per heavy atom. The molecule has 0 unspecified atom stereocenters. The molecule has 2 heterocycles. The molecular weight excluding hydrogens is 378 g/mol. The van der Waals surface area contributed by atoms with Gasteiger partial charge < -0.3 is 10.2 Å². The van der Waals surface area contributed by atoms with E-state index in [0.717, 1.165) is 35.2 Å². The van der Waals surface area contributed by atoms with E-state index in [1.165, 1.54) is 4.90 Å². The number of aryl methyl sites for hydroxylation is 1. The number of anilines is 1. The molecule has 2 aromatic rings. The lowest BCUT2D eigenvalue weighted by Crippen LogP contribution is -2.39. The van der Waals surface area contributed by atoms with E-state index in [9.17, 15) is 14.4 Å². The van der Waals surface area contributed by atoms with Gasteiger partial charge in [0.25, 0.3) is 5.91 Å². The Kier molecular flexibility index (Phi) is 5.84. The van der Waals surface area contributed by atoms with E-state index in [2.05, 4.69) is 5.32 Å². The number of nitrogens with zero attached hydrogens (tertiary/aromatic N) is 2. The summed E-state index contributed by atoms with van der Waals surface area (Å²) in [6.45, 7) is 2.91. The van der Waals surface area contributed by atoms with Gasteiger partial charge in [-0.2, -0.15) is 0 Å². The number of carbonyl (C=O) groups is 3. The SMILES string of the molecule is Cc1cccc(NC(=O)CCCCCN2C(=O)[C@@H]3Cc4ccccc4CN3C2=O)c1. The predicted molar refractivity (Wildman–Crippen MR) is 115 cm³/mol. The topological polar surface area (TPSA) is 69.7 Å². The molecule has 0 radical (unpaired) electrons. The van der Waals surface area contributed by atoms with E-state index < -0.39 is 0 Å². The summed E-state index contributed by atoms with van der Waals surface area (Å²) in [5, 5.41) is 2.91. The van der Waals surface area contributed by atoms with E-state index in [-0.39, 0.29) is 23.9 Å². The van der Waals surface area contributed by atoms with Crippen LogP contribution in [0.1, 0.15) is 42.4 Å². The third-order valence-electron chi connectivity index (χ3n) is 5.86. The Bertz CT molecular complexity index is 929. The lowest BCUT2D eigenvalue weighted by Gasteiger charge is -2.28. The first-order valence-corrected chi connectivity index (χ1v) is 10.6. The van der Waals surface area contributed by atoms with Gasteiger partial charge in [-0.1, -0.05) is 42.8 Å².